The minimum absolute atomic E-state index is 0.169. The summed E-state index contributed by atoms with van der Waals surface area (Å²) >= 11 is 0. The predicted octanol–water partition coefficient (Wildman–Crippen LogP) is 7.31. The molecule has 234 valence electrons. The third-order valence-corrected chi connectivity index (χ3v) is 8.26. The first kappa shape index (κ1) is 32.5. The van der Waals surface area contributed by atoms with Gasteiger partial charge in [0.1, 0.15) is 37.9 Å². The van der Waals surface area contributed by atoms with Crippen molar-refractivity contribution in [3.8, 4) is 23.0 Å². The zero-order valence-corrected chi connectivity index (χ0v) is 26.4. The summed E-state index contributed by atoms with van der Waals surface area (Å²) in [7, 11) is -3.71. The maximum atomic E-state index is 13.2. The first-order valence-electron chi connectivity index (χ1n) is 15.0. The highest BCUT2D eigenvalue weighted by Crippen LogP contribution is 2.31. The third-order valence-electron chi connectivity index (χ3n) is 6.48. The van der Waals surface area contributed by atoms with Crippen LogP contribution in [-0.4, -0.2) is 47.1 Å². The molecule has 6 rings (SSSR count). The van der Waals surface area contributed by atoms with Crippen LogP contribution in [0.5, 0.6) is 23.0 Å². The SMILES string of the molecule is CC.CC.O=S(=O)(c1ccc(OCC2COC3=C(C=CCC=C3)O2)cc1)c1ccc(OCC2COc3ccccc3O2)cc1. The lowest BCUT2D eigenvalue weighted by molar-refractivity contribution is -0.0157. The molecule has 0 saturated carbocycles. The van der Waals surface area contributed by atoms with E-state index in [2.05, 4.69) is 0 Å². The van der Waals surface area contributed by atoms with Gasteiger partial charge in [0.05, 0.1) is 9.79 Å². The van der Waals surface area contributed by atoms with Gasteiger partial charge in [0, 0.05) is 0 Å². The van der Waals surface area contributed by atoms with Gasteiger partial charge in [0.25, 0.3) is 0 Å². The lowest BCUT2D eigenvalue weighted by Gasteiger charge is -2.26. The minimum Gasteiger partial charge on any atom is -0.490 e. The van der Waals surface area contributed by atoms with Gasteiger partial charge in [-0.2, -0.15) is 0 Å². The molecule has 0 fully saturated rings. The number of para-hydroxylation sites is 2. The van der Waals surface area contributed by atoms with Crippen molar-refractivity contribution in [2.24, 2.45) is 0 Å². The Hall–Kier alpha value is -4.37. The van der Waals surface area contributed by atoms with E-state index in [4.69, 9.17) is 28.4 Å². The van der Waals surface area contributed by atoms with Crippen LogP contribution >= 0.6 is 0 Å². The van der Waals surface area contributed by atoms with Gasteiger partial charge in [-0.1, -0.05) is 52.0 Å². The fourth-order valence-corrected chi connectivity index (χ4v) is 5.64. The number of benzene rings is 3. The Morgan fingerprint density at radius 3 is 1.73 bits per heavy atom. The Morgan fingerprint density at radius 2 is 1.14 bits per heavy atom. The molecule has 44 heavy (non-hydrogen) atoms. The van der Waals surface area contributed by atoms with E-state index in [1.54, 1.807) is 24.3 Å². The standard InChI is InChI=1S/C31H28O8S.2C2H6/c32-40(33,27-16-12-23(13-17-27)35-19-25-21-37-29-7-4-5-9-31(29)39-25)26-14-10-22(11-15-26)34-18-24-20-36-28-6-2-1-3-8-30(28)38-24;2*1-2/h2-17,24-25H,1,18-21H2;2*1-2H3. The molecule has 2 heterocycles. The molecule has 0 saturated heterocycles. The molecule has 8 nitrogen and oxygen atoms in total. The molecule has 3 aliphatic rings. The van der Waals surface area contributed by atoms with Crippen molar-refractivity contribution in [1.82, 2.24) is 0 Å². The van der Waals surface area contributed by atoms with Crippen molar-refractivity contribution < 1.29 is 36.8 Å². The Morgan fingerprint density at radius 1 is 0.636 bits per heavy atom. The number of hydrogen-bond donors (Lipinski definition) is 0. The smallest absolute Gasteiger partial charge is 0.206 e. The van der Waals surface area contributed by atoms with Crippen molar-refractivity contribution in [2.75, 3.05) is 26.4 Å². The molecule has 0 N–H and O–H groups in total. The molecular formula is C35H40O8S. The lowest BCUT2D eigenvalue weighted by atomic mass is 10.2. The van der Waals surface area contributed by atoms with Crippen LogP contribution in [0, 0.1) is 0 Å². The maximum Gasteiger partial charge on any atom is 0.206 e. The van der Waals surface area contributed by atoms with E-state index in [1.165, 1.54) is 24.3 Å². The van der Waals surface area contributed by atoms with Crippen LogP contribution < -0.4 is 18.9 Å². The second-order valence-corrected chi connectivity index (χ2v) is 11.3. The van der Waals surface area contributed by atoms with Gasteiger partial charge < -0.3 is 28.4 Å². The van der Waals surface area contributed by atoms with Gasteiger partial charge in [-0.15, -0.1) is 0 Å². The summed E-state index contributed by atoms with van der Waals surface area (Å²) in [5.74, 6) is 3.88. The molecule has 0 aromatic heterocycles. The van der Waals surface area contributed by atoms with Crippen molar-refractivity contribution in [3.05, 3.63) is 109 Å². The zero-order chi connectivity index (χ0) is 31.4. The average Bonchev–Trinajstić information content (AvgIpc) is 3.34. The van der Waals surface area contributed by atoms with Crippen molar-refractivity contribution in [1.29, 1.82) is 0 Å². The molecular weight excluding hydrogens is 580 g/mol. The van der Waals surface area contributed by atoms with E-state index in [9.17, 15) is 8.42 Å². The summed E-state index contributed by atoms with van der Waals surface area (Å²) in [5, 5.41) is 0. The molecule has 3 aromatic carbocycles. The maximum absolute atomic E-state index is 13.2. The largest absolute Gasteiger partial charge is 0.490 e. The molecule has 2 aliphatic heterocycles. The minimum atomic E-state index is -3.71. The van der Waals surface area contributed by atoms with Crippen molar-refractivity contribution in [2.45, 2.75) is 56.1 Å². The van der Waals surface area contributed by atoms with E-state index >= 15 is 0 Å². The summed E-state index contributed by atoms with van der Waals surface area (Å²) in [6.07, 6.45) is 8.12. The van der Waals surface area contributed by atoms with Gasteiger partial charge >= 0.3 is 0 Å². The second-order valence-electron chi connectivity index (χ2n) is 9.39. The number of rotatable bonds is 8. The van der Waals surface area contributed by atoms with Gasteiger partial charge in [0.15, 0.2) is 35.2 Å². The molecule has 3 aromatic rings. The van der Waals surface area contributed by atoms with Crippen molar-refractivity contribution in [3.63, 3.8) is 0 Å². The Bertz CT molecular complexity index is 1540. The van der Waals surface area contributed by atoms with Crippen LogP contribution in [0.4, 0.5) is 0 Å². The molecule has 0 amide bonds. The average molecular weight is 621 g/mol. The Labute approximate surface area is 260 Å². The van der Waals surface area contributed by atoms with Crippen LogP contribution in [0.2, 0.25) is 0 Å². The number of sulfone groups is 1. The predicted molar refractivity (Wildman–Crippen MR) is 169 cm³/mol. The summed E-state index contributed by atoms with van der Waals surface area (Å²) < 4.78 is 61.4. The first-order valence-corrected chi connectivity index (χ1v) is 16.5. The molecule has 0 bridgehead atoms. The van der Waals surface area contributed by atoms with Crippen LogP contribution in [0.3, 0.4) is 0 Å². The highest BCUT2D eigenvalue weighted by atomic mass is 32.2. The number of allylic oxidation sites excluding steroid dienone is 4. The van der Waals surface area contributed by atoms with E-state index in [0.29, 0.717) is 42.0 Å². The Kier molecular flexibility index (Phi) is 11.8. The first-order chi connectivity index (χ1) is 21.5. The van der Waals surface area contributed by atoms with E-state index in [1.807, 2.05) is 76.3 Å². The fourth-order valence-electron chi connectivity index (χ4n) is 4.38. The van der Waals surface area contributed by atoms with Gasteiger partial charge in [-0.25, -0.2) is 8.42 Å². The normalized spacial score (nSPS) is 18.1. The second kappa shape index (κ2) is 15.9. The van der Waals surface area contributed by atoms with Crippen LogP contribution in [-0.2, 0) is 19.3 Å². The molecule has 2 atom stereocenters. The van der Waals surface area contributed by atoms with Gasteiger partial charge in [-0.3, -0.25) is 0 Å². The zero-order valence-electron chi connectivity index (χ0n) is 25.6. The quantitative estimate of drug-likeness (QED) is 0.259. The van der Waals surface area contributed by atoms with Gasteiger partial charge in [-0.05, 0) is 79.2 Å². The summed E-state index contributed by atoms with van der Waals surface area (Å²) in [6.45, 7) is 9.29. The van der Waals surface area contributed by atoms with Crippen LogP contribution in [0.15, 0.2) is 118 Å². The fraction of sp³-hybridized carbons (Fsp3) is 0.314. The highest BCUT2D eigenvalue weighted by molar-refractivity contribution is 7.91. The molecule has 1 aliphatic carbocycles. The summed E-state index contributed by atoms with van der Waals surface area (Å²) in [4.78, 5) is 0.337. The molecule has 9 heteroatoms. The monoisotopic (exact) mass is 620 g/mol. The molecule has 0 radical (unpaired) electrons. The van der Waals surface area contributed by atoms with Crippen LogP contribution in [0.1, 0.15) is 34.1 Å². The summed E-state index contributed by atoms with van der Waals surface area (Å²) in [5.41, 5.74) is 0. The number of hydrogen-bond acceptors (Lipinski definition) is 8. The van der Waals surface area contributed by atoms with Gasteiger partial charge in [0.2, 0.25) is 9.84 Å². The van der Waals surface area contributed by atoms with Crippen molar-refractivity contribution >= 4 is 9.84 Å². The third kappa shape index (κ3) is 8.17. The van der Waals surface area contributed by atoms with Crippen LogP contribution in [0.25, 0.3) is 0 Å². The molecule has 0 spiro atoms. The number of ether oxygens (including phenoxy) is 6. The lowest BCUT2D eigenvalue weighted by Crippen LogP contribution is -2.34. The Balaban J connectivity index is 0.00000106. The topological polar surface area (TPSA) is 89.5 Å². The van der Waals surface area contributed by atoms with E-state index < -0.39 is 9.84 Å². The van der Waals surface area contributed by atoms with E-state index in [0.717, 1.165) is 12.2 Å². The van der Waals surface area contributed by atoms with E-state index in [-0.39, 0.29) is 35.2 Å². The number of fused-ring (bicyclic) bond motifs is 1. The summed E-state index contributed by atoms with van der Waals surface area (Å²) in [6, 6.07) is 20.1. The highest BCUT2D eigenvalue weighted by Gasteiger charge is 2.24. The molecule has 2 unspecified atom stereocenters.